The first-order valence-electron chi connectivity index (χ1n) is 7.73. The molecule has 1 fully saturated rings. The van der Waals surface area contributed by atoms with E-state index in [4.69, 9.17) is 22.3 Å². The third-order valence-electron chi connectivity index (χ3n) is 4.31. The lowest BCUT2D eigenvalue weighted by Crippen LogP contribution is -2.48. The second-order valence-corrected chi connectivity index (χ2v) is 6.82. The van der Waals surface area contributed by atoms with Gasteiger partial charge in [0, 0.05) is 18.6 Å². The number of nitrogens with two attached hydrogens (primary N) is 1. The summed E-state index contributed by atoms with van der Waals surface area (Å²) >= 11 is 5.87. The van der Waals surface area contributed by atoms with Gasteiger partial charge in [-0.1, -0.05) is 11.6 Å². The maximum atomic E-state index is 6.19. The number of anilines is 1. The van der Waals surface area contributed by atoms with Crippen molar-refractivity contribution in [2.24, 2.45) is 5.73 Å². The number of aromatic nitrogens is 4. The molecule has 0 radical (unpaired) electrons. The molecule has 0 bridgehead atoms. The van der Waals surface area contributed by atoms with E-state index in [1.54, 1.807) is 6.20 Å². The fraction of sp³-hybridized carbons (Fsp3) is 0.500. The van der Waals surface area contributed by atoms with Gasteiger partial charge in [-0.15, -0.1) is 0 Å². The van der Waals surface area contributed by atoms with Gasteiger partial charge in [-0.05, 0) is 33.6 Å². The summed E-state index contributed by atoms with van der Waals surface area (Å²) in [5.41, 5.74) is 9.17. The van der Waals surface area contributed by atoms with E-state index >= 15 is 0 Å². The zero-order valence-corrected chi connectivity index (χ0v) is 14.4. The number of halogens is 1. The van der Waals surface area contributed by atoms with Gasteiger partial charge < -0.3 is 10.6 Å². The van der Waals surface area contributed by atoms with Gasteiger partial charge in [-0.25, -0.2) is 19.9 Å². The van der Waals surface area contributed by atoms with E-state index in [0.29, 0.717) is 5.15 Å². The van der Waals surface area contributed by atoms with Gasteiger partial charge in [0.15, 0.2) is 0 Å². The maximum absolute atomic E-state index is 6.19. The number of rotatable bonds is 2. The van der Waals surface area contributed by atoms with Crippen LogP contribution in [-0.4, -0.2) is 38.6 Å². The van der Waals surface area contributed by atoms with Gasteiger partial charge in [0.1, 0.15) is 22.4 Å². The van der Waals surface area contributed by atoms with Gasteiger partial charge in [0.05, 0.1) is 23.8 Å². The highest BCUT2D eigenvalue weighted by Crippen LogP contribution is 2.26. The molecule has 2 aromatic heterocycles. The highest BCUT2D eigenvalue weighted by molar-refractivity contribution is 6.29. The minimum atomic E-state index is -0.0745. The first-order valence-corrected chi connectivity index (χ1v) is 8.10. The third-order valence-corrected chi connectivity index (χ3v) is 4.49. The SMILES string of the molecule is Cc1nc(Cl)cnc1-c1ncc(N2CCC(C)(N)CC2)nc1C. The fourth-order valence-electron chi connectivity index (χ4n) is 2.79. The lowest BCUT2D eigenvalue weighted by Gasteiger charge is -2.37. The molecular formula is C16H21ClN6. The van der Waals surface area contributed by atoms with Crippen molar-refractivity contribution in [3.8, 4) is 11.4 Å². The molecule has 0 aliphatic carbocycles. The average molecular weight is 333 g/mol. The van der Waals surface area contributed by atoms with E-state index in [-0.39, 0.29) is 5.54 Å². The van der Waals surface area contributed by atoms with Crippen LogP contribution in [0.3, 0.4) is 0 Å². The molecule has 3 heterocycles. The Bertz CT molecular complexity index is 721. The summed E-state index contributed by atoms with van der Waals surface area (Å²) in [5.74, 6) is 0.890. The molecular weight excluding hydrogens is 312 g/mol. The Balaban J connectivity index is 1.87. The fourth-order valence-corrected chi connectivity index (χ4v) is 2.96. The van der Waals surface area contributed by atoms with E-state index in [1.807, 2.05) is 13.8 Å². The van der Waals surface area contributed by atoms with Crippen molar-refractivity contribution in [2.75, 3.05) is 18.0 Å². The standard InChI is InChI=1S/C16H21ClN6/c1-10-14(19-8-12(17)21-10)15-11(2)22-13(9-20-15)23-6-4-16(3,18)5-7-23/h8-9H,4-7,18H2,1-3H3. The second kappa shape index (κ2) is 6.02. The Labute approximate surface area is 141 Å². The molecule has 0 aromatic carbocycles. The lowest BCUT2D eigenvalue weighted by molar-refractivity contribution is 0.363. The number of nitrogens with zero attached hydrogens (tertiary/aromatic N) is 5. The monoisotopic (exact) mass is 332 g/mol. The summed E-state index contributed by atoms with van der Waals surface area (Å²) in [6, 6.07) is 0. The van der Waals surface area contributed by atoms with Crippen molar-refractivity contribution in [1.29, 1.82) is 0 Å². The van der Waals surface area contributed by atoms with Gasteiger partial charge in [-0.2, -0.15) is 0 Å². The third kappa shape index (κ3) is 3.43. The maximum Gasteiger partial charge on any atom is 0.147 e. The van der Waals surface area contributed by atoms with Crippen LogP contribution in [0, 0.1) is 13.8 Å². The molecule has 3 rings (SSSR count). The molecule has 2 N–H and O–H groups in total. The number of piperidine rings is 1. The van der Waals surface area contributed by atoms with E-state index in [1.165, 1.54) is 6.20 Å². The zero-order valence-electron chi connectivity index (χ0n) is 13.7. The topological polar surface area (TPSA) is 80.8 Å². The molecule has 2 aromatic rings. The molecule has 0 spiro atoms. The molecule has 0 unspecified atom stereocenters. The first kappa shape index (κ1) is 16.1. The van der Waals surface area contributed by atoms with Gasteiger partial charge >= 0.3 is 0 Å². The molecule has 0 atom stereocenters. The van der Waals surface area contributed by atoms with Crippen molar-refractivity contribution in [3.63, 3.8) is 0 Å². The zero-order chi connectivity index (χ0) is 16.6. The summed E-state index contributed by atoms with van der Waals surface area (Å²) < 4.78 is 0. The average Bonchev–Trinajstić information content (AvgIpc) is 2.48. The second-order valence-electron chi connectivity index (χ2n) is 6.43. The number of aryl methyl sites for hydroxylation is 2. The van der Waals surface area contributed by atoms with Gasteiger partial charge in [-0.3, -0.25) is 0 Å². The minimum absolute atomic E-state index is 0.0745. The molecule has 6 nitrogen and oxygen atoms in total. The summed E-state index contributed by atoms with van der Waals surface area (Å²) in [6.45, 7) is 7.72. The van der Waals surface area contributed by atoms with Crippen LogP contribution in [0.1, 0.15) is 31.2 Å². The summed E-state index contributed by atoms with van der Waals surface area (Å²) in [4.78, 5) is 20.1. The van der Waals surface area contributed by atoms with Gasteiger partial charge in [0.25, 0.3) is 0 Å². The molecule has 7 heteroatoms. The summed E-state index contributed by atoms with van der Waals surface area (Å²) in [6.07, 6.45) is 5.25. The van der Waals surface area contributed by atoms with E-state index < -0.39 is 0 Å². The quantitative estimate of drug-likeness (QED) is 0.910. The van der Waals surface area contributed by atoms with Crippen LogP contribution < -0.4 is 10.6 Å². The normalized spacial score (nSPS) is 17.3. The van der Waals surface area contributed by atoms with Crippen LogP contribution in [0.2, 0.25) is 5.15 Å². The Kier molecular flexibility index (Phi) is 4.21. The van der Waals surface area contributed by atoms with Crippen molar-refractivity contribution >= 4 is 17.4 Å². The largest absolute Gasteiger partial charge is 0.355 e. The van der Waals surface area contributed by atoms with E-state index in [0.717, 1.165) is 54.5 Å². The van der Waals surface area contributed by atoms with Crippen LogP contribution in [0.15, 0.2) is 12.4 Å². The first-order chi connectivity index (χ1) is 10.9. The van der Waals surface area contributed by atoms with Crippen LogP contribution in [0.4, 0.5) is 5.82 Å². The minimum Gasteiger partial charge on any atom is -0.355 e. The Morgan fingerprint density at radius 3 is 2.17 bits per heavy atom. The number of hydrogen-bond donors (Lipinski definition) is 1. The van der Waals surface area contributed by atoms with Crippen LogP contribution in [0.5, 0.6) is 0 Å². The Morgan fingerprint density at radius 1 is 1.04 bits per heavy atom. The molecule has 0 saturated carbocycles. The molecule has 23 heavy (non-hydrogen) atoms. The van der Waals surface area contributed by atoms with Crippen molar-refractivity contribution < 1.29 is 0 Å². The molecule has 1 aliphatic rings. The molecule has 1 saturated heterocycles. The predicted molar refractivity (Wildman–Crippen MR) is 91.6 cm³/mol. The van der Waals surface area contributed by atoms with Crippen molar-refractivity contribution in [3.05, 3.63) is 28.9 Å². The van der Waals surface area contributed by atoms with Gasteiger partial charge in [0.2, 0.25) is 0 Å². The lowest BCUT2D eigenvalue weighted by atomic mass is 9.91. The molecule has 1 aliphatic heterocycles. The van der Waals surface area contributed by atoms with Crippen LogP contribution in [-0.2, 0) is 0 Å². The van der Waals surface area contributed by atoms with E-state index in [9.17, 15) is 0 Å². The predicted octanol–water partition coefficient (Wildman–Crippen LogP) is 2.52. The Hall–Kier alpha value is -1.79. The van der Waals surface area contributed by atoms with Crippen LogP contribution in [0.25, 0.3) is 11.4 Å². The van der Waals surface area contributed by atoms with E-state index in [2.05, 4.69) is 26.8 Å². The molecule has 0 amide bonds. The summed E-state index contributed by atoms with van der Waals surface area (Å²) in [5, 5.41) is 0.381. The highest BCUT2D eigenvalue weighted by Gasteiger charge is 2.27. The molecule has 122 valence electrons. The highest BCUT2D eigenvalue weighted by atomic mass is 35.5. The Morgan fingerprint density at radius 2 is 1.61 bits per heavy atom. The van der Waals surface area contributed by atoms with Crippen molar-refractivity contribution in [1.82, 2.24) is 19.9 Å². The number of hydrogen-bond acceptors (Lipinski definition) is 6. The van der Waals surface area contributed by atoms with Crippen molar-refractivity contribution in [2.45, 2.75) is 39.2 Å². The smallest absolute Gasteiger partial charge is 0.147 e. The summed E-state index contributed by atoms with van der Waals surface area (Å²) in [7, 11) is 0. The van der Waals surface area contributed by atoms with Crippen LogP contribution >= 0.6 is 11.6 Å².